The number of carbonyl (C=O) groups is 1. The minimum atomic E-state index is -1.06. The summed E-state index contributed by atoms with van der Waals surface area (Å²) in [5.74, 6) is 0. The van der Waals surface area contributed by atoms with Gasteiger partial charge in [0.2, 0.25) is 0 Å². The average Bonchev–Trinajstić information content (AvgIpc) is 1.87. The molecule has 0 rings (SSSR count). The van der Waals surface area contributed by atoms with Crippen molar-refractivity contribution in [1.29, 1.82) is 0 Å². The fourth-order valence-corrected chi connectivity index (χ4v) is 0.220. The second kappa shape index (κ2) is 4.54. The molecule has 0 heterocycles. The van der Waals surface area contributed by atoms with Crippen molar-refractivity contribution in [1.82, 2.24) is 0 Å². The zero-order valence-electron chi connectivity index (χ0n) is 6.72. The van der Waals surface area contributed by atoms with E-state index in [1.54, 1.807) is 13.8 Å². The van der Waals surface area contributed by atoms with Gasteiger partial charge in [-0.1, -0.05) is 6.92 Å². The van der Waals surface area contributed by atoms with E-state index in [9.17, 15) is 4.79 Å². The van der Waals surface area contributed by atoms with E-state index in [1.807, 2.05) is 6.92 Å². The molecule has 0 radical (unpaired) electrons. The predicted molar refractivity (Wildman–Crippen MR) is 38.9 cm³/mol. The van der Waals surface area contributed by atoms with Crippen LogP contribution in [0.25, 0.3) is 0 Å². The molecule has 0 unspecified atom stereocenters. The van der Waals surface area contributed by atoms with E-state index >= 15 is 0 Å². The van der Waals surface area contributed by atoms with Crippen LogP contribution in [0.3, 0.4) is 0 Å². The smallest absolute Gasteiger partial charge is 0.250 e. The third-order valence-corrected chi connectivity index (χ3v) is 1.27. The van der Waals surface area contributed by atoms with Crippen molar-refractivity contribution in [2.24, 2.45) is 0 Å². The highest BCUT2D eigenvalue weighted by molar-refractivity contribution is 6.61. The van der Waals surface area contributed by atoms with Crippen molar-refractivity contribution in [2.45, 2.75) is 32.8 Å². The number of halogens is 1. The van der Waals surface area contributed by atoms with Crippen LogP contribution in [-0.2, 0) is 14.8 Å². The molecular formula is C6H11ClO4. The van der Waals surface area contributed by atoms with E-state index in [0.717, 1.165) is 6.42 Å². The fraction of sp³-hybridized carbons (Fsp3) is 0.833. The molecule has 0 aromatic carbocycles. The summed E-state index contributed by atoms with van der Waals surface area (Å²) < 4.78 is 0. The third kappa shape index (κ3) is 6.09. The van der Waals surface area contributed by atoms with Gasteiger partial charge in [0, 0.05) is 11.6 Å². The van der Waals surface area contributed by atoms with Crippen LogP contribution in [0.5, 0.6) is 0 Å². The Morgan fingerprint density at radius 3 is 2.45 bits per heavy atom. The molecular weight excluding hydrogens is 172 g/mol. The number of hydrogen-bond acceptors (Lipinski definition) is 4. The highest BCUT2D eigenvalue weighted by Crippen LogP contribution is 2.13. The van der Waals surface area contributed by atoms with Crippen molar-refractivity contribution in [3.8, 4) is 0 Å². The van der Waals surface area contributed by atoms with Gasteiger partial charge in [0.15, 0.2) is 0 Å². The van der Waals surface area contributed by atoms with Crippen molar-refractivity contribution in [3.05, 3.63) is 0 Å². The molecule has 0 aliphatic heterocycles. The Labute approximate surface area is 70.2 Å². The highest BCUT2D eigenvalue weighted by atomic mass is 35.5. The summed E-state index contributed by atoms with van der Waals surface area (Å²) in [6.45, 7) is 5.48. The van der Waals surface area contributed by atoms with E-state index in [4.69, 9.17) is 11.6 Å². The van der Waals surface area contributed by atoms with Gasteiger partial charge >= 0.3 is 5.43 Å². The van der Waals surface area contributed by atoms with E-state index in [2.05, 4.69) is 14.8 Å². The largest absolute Gasteiger partial charge is 0.438 e. The van der Waals surface area contributed by atoms with Gasteiger partial charge in [0.05, 0.1) is 0 Å². The topological polar surface area (TPSA) is 44.8 Å². The lowest BCUT2D eigenvalue weighted by Gasteiger charge is -2.18. The summed E-state index contributed by atoms with van der Waals surface area (Å²) in [5, 5.41) is 4.07. The van der Waals surface area contributed by atoms with Gasteiger partial charge in [0.1, 0.15) is 5.60 Å². The summed E-state index contributed by atoms with van der Waals surface area (Å²) in [7, 11) is 0. The first-order chi connectivity index (χ1) is 4.98. The molecule has 0 aromatic heterocycles. The van der Waals surface area contributed by atoms with E-state index in [1.165, 1.54) is 0 Å². The van der Waals surface area contributed by atoms with E-state index in [0.29, 0.717) is 0 Å². The molecule has 0 spiro atoms. The second-order valence-electron chi connectivity index (χ2n) is 2.59. The molecule has 0 aliphatic carbocycles. The van der Waals surface area contributed by atoms with E-state index < -0.39 is 11.0 Å². The average molecular weight is 183 g/mol. The molecule has 0 bridgehead atoms. The van der Waals surface area contributed by atoms with Crippen LogP contribution in [0.1, 0.15) is 27.2 Å². The van der Waals surface area contributed by atoms with Crippen LogP contribution < -0.4 is 0 Å². The van der Waals surface area contributed by atoms with Crippen molar-refractivity contribution in [2.75, 3.05) is 0 Å². The van der Waals surface area contributed by atoms with Crippen LogP contribution in [0.15, 0.2) is 0 Å². The summed E-state index contributed by atoms with van der Waals surface area (Å²) in [6.07, 6.45) is 0.729. The van der Waals surface area contributed by atoms with Crippen LogP contribution in [-0.4, -0.2) is 11.0 Å². The van der Waals surface area contributed by atoms with Crippen molar-refractivity contribution in [3.63, 3.8) is 0 Å². The Morgan fingerprint density at radius 1 is 1.55 bits per heavy atom. The lowest BCUT2D eigenvalue weighted by molar-refractivity contribution is -0.510. The van der Waals surface area contributed by atoms with Crippen LogP contribution >= 0.6 is 11.6 Å². The molecule has 5 heteroatoms. The van der Waals surface area contributed by atoms with Gasteiger partial charge in [-0.3, -0.25) is 4.89 Å². The zero-order chi connectivity index (χ0) is 8.91. The normalized spacial score (nSPS) is 11.3. The Bertz CT molecular complexity index is 135. The van der Waals surface area contributed by atoms with Gasteiger partial charge in [0.25, 0.3) is 0 Å². The summed E-state index contributed by atoms with van der Waals surface area (Å²) >= 11 is 4.78. The molecule has 11 heavy (non-hydrogen) atoms. The van der Waals surface area contributed by atoms with Crippen molar-refractivity contribution < 1.29 is 19.6 Å². The molecule has 66 valence electrons. The molecule has 0 atom stereocenters. The fourth-order valence-electron chi connectivity index (χ4n) is 0.195. The van der Waals surface area contributed by atoms with Gasteiger partial charge in [-0.05, 0) is 25.3 Å². The minimum Gasteiger partial charge on any atom is -0.250 e. The Balaban J connectivity index is 3.45. The van der Waals surface area contributed by atoms with E-state index in [-0.39, 0.29) is 0 Å². The summed E-state index contributed by atoms with van der Waals surface area (Å²) in [6, 6.07) is 0. The first-order valence-electron chi connectivity index (χ1n) is 3.20. The number of hydrogen-bond donors (Lipinski definition) is 0. The summed E-state index contributed by atoms with van der Waals surface area (Å²) in [5.41, 5.74) is -1.54. The second-order valence-corrected chi connectivity index (χ2v) is 2.89. The predicted octanol–water partition coefficient (Wildman–Crippen LogP) is 2.41. The Hall–Kier alpha value is -0.320. The monoisotopic (exact) mass is 182 g/mol. The first-order valence-corrected chi connectivity index (χ1v) is 3.57. The molecule has 0 saturated carbocycles. The maximum atomic E-state index is 9.96. The number of carbonyl (C=O) groups excluding carboxylic acids is 1. The standard InChI is InChI=1S/C6H11ClO4/c1-4-6(2,3)10-11-9-5(7)8/h4H2,1-3H3. The number of rotatable bonds is 4. The molecule has 0 amide bonds. The van der Waals surface area contributed by atoms with Crippen LogP contribution in [0.4, 0.5) is 4.79 Å². The van der Waals surface area contributed by atoms with Gasteiger partial charge < -0.3 is 0 Å². The molecule has 0 fully saturated rings. The van der Waals surface area contributed by atoms with Gasteiger partial charge in [-0.25, -0.2) is 4.79 Å². The lowest BCUT2D eigenvalue weighted by Crippen LogP contribution is -2.23. The van der Waals surface area contributed by atoms with Crippen LogP contribution in [0.2, 0.25) is 0 Å². The highest BCUT2D eigenvalue weighted by Gasteiger charge is 2.18. The van der Waals surface area contributed by atoms with Crippen LogP contribution in [0, 0.1) is 0 Å². The molecule has 0 N–H and O–H groups in total. The third-order valence-electron chi connectivity index (χ3n) is 1.21. The molecule has 4 nitrogen and oxygen atoms in total. The zero-order valence-corrected chi connectivity index (χ0v) is 7.47. The lowest BCUT2D eigenvalue weighted by atomic mass is 10.1. The van der Waals surface area contributed by atoms with Gasteiger partial charge in [-0.15, -0.1) is 0 Å². The maximum Gasteiger partial charge on any atom is 0.438 e. The Morgan fingerprint density at radius 2 is 2.09 bits per heavy atom. The molecule has 0 aliphatic rings. The molecule has 0 aromatic rings. The quantitative estimate of drug-likeness (QED) is 0.381. The minimum absolute atomic E-state index is 0.480. The van der Waals surface area contributed by atoms with Gasteiger partial charge in [-0.2, -0.15) is 4.89 Å². The Kier molecular flexibility index (Phi) is 4.40. The maximum absolute atomic E-state index is 9.96. The molecule has 0 saturated heterocycles. The summed E-state index contributed by atoms with van der Waals surface area (Å²) in [4.78, 5) is 18.5. The first kappa shape index (κ1) is 10.7. The van der Waals surface area contributed by atoms with Crippen molar-refractivity contribution >= 4 is 17.0 Å². The SMILES string of the molecule is CCC(C)(C)OOOC(=O)Cl.